The predicted molar refractivity (Wildman–Crippen MR) is 32.0 cm³/mol. The van der Waals surface area contributed by atoms with Gasteiger partial charge >= 0.3 is 6.03 Å². The van der Waals surface area contributed by atoms with Crippen molar-refractivity contribution in [3.63, 3.8) is 0 Å². The molecule has 0 aliphatic rings. The summed E-state index contributed by atoms with van der Waals surface area (Å²) in [5.41, 5.74) is 5.05. The van der Waals surface area contributed by atoms with E-state index in [1.807, 2.05) is 0 Å². The van der Waals surface area contributed by atoms with E-state index in [0.717, 1.165) is 0 Å². The number of hydrogen-bond acceptors (Lipinski definition) is 2. The Bertz CT molecular complexity index is 91.3. The molecule has 0 aliphatic heterocycles. The standard InChI is InChI=1S/C4H9N3O/c1-6-4(8)7-3-2-5/h1-3,5H2,(H,7,8). The zero-order valence-electron chi connectivity index (χ0n) is 4.55. The molecule has 46 valence electrons. The van der Waals surface area contributed by atoms with E-state index in [1.165, 1.54) is 0 Å². The number of carbonyl (C=O) groups excluding carboxylic acids is 1. The maximum absolute atomic E-state index is 10.2. The lowest BCUT2D eigenvalue weighted by Crippen LogP contribution is -2.26. The first-order valence-electron chi connectivity index (χ1n) is 2.26. The van der Waals surface area contributed by atoms with Crippen LogP contribution in [0.15, 0.2) is 4.99 Å². The first-order valence-corrected chi connectivity index (χ1v) is 2.26. The lowest BCUT2D eigenvalue weighted by Gasteiger charge is -1.93. The van der Waals surface area contributed by atoms with Gasteiger partial charge in [0.2, 0.25) is 0 Å². The number of nitrogens with one attached hydrogen (secondary N) is 1. The van der Waals surface area contributed by atoms with Gasteiger partial charge in [0.15, 0.2) is 0 Å². The zero-order chi connectivity index (χ0) is 6.41. The van der Waals surface area contributed by atoms with Gasteiger partial charge in [0, 0.05) is 13.1 Å². The summed E-state index contributed by atoms with van der Waals surface area (Å²) in [7, 11) is 0. The largest absolute Gasteiger partial charge is 0.340 e. The highest BCUT2D eigenvalue weighted by Gasteiger charge is 1.88. The van der Waals surface area contributed by atoms with Gasteiger partial charge in [-0.05, 0) is 6.72 Å². The van der Waals surface area contributed by atoms with Crippen LogP contribution in [-0.2, 0) is 0 Å². The number of urea groups is 1. The van der Waals surface area contributed by atoms with Crippen molar-refractivity contribution >= 4 is 12.7 Å². The van der Waals surface area contributed by atoms with E-state index in [1.54, 1.807) is 0 Å². The second kappa shape index (κ2) is 4.26. The maximum atomic E-state index is 10.2. The van der Waals surface area contributed by atoms with Crippen molar-refractivity contribution in [2.75, 3.05) is 13.1 Å². The molecule has 8 heavy (non-hydrogen) atoms. The Labute approximate surface area is 47.8 Å². The molecule has 0 aromatic carbocycles. The summed E-state index contributed by atoms with van der Waals surface area (Å²) < 4.78 is 0. The van der Waals surface area contributed by atoms with Gasteiger partial charge in [-0.25, -0.2) is 9.79 Å². The van der Waals surface area contributed by atoms with Gasteiger partial charge in [-0.15, -0.1) is 0 Å². The van der Waals surface area contributed by atoms with E-state index in [4.69, 9.17) is 5.73 Å². The minimum absolute atomic E-state index is 0.421. The van der Waals surface area contributed by atoms with Gasteiger partial charge in [-0.3, -0.25) is 0 Å². The molecule has 2 amide bonds. The predicted octanol–water partition coefficient (Wildman–Crippen LogP) is -0.645. The van der Waals surface area contributed by atoms with Gasteiger partial charge < -0.3 is 11.1 Å². The number of rotatable bonds is 2. The van der Waals surface area contributed by atoms with E-state index in [0.29, 0.717) is 13.1 Å². The van der Waals surface area contributed by atoms with Crippen molar-refractivity contribution in [3.05, 3.63) is 0 Å². The fourth-order valence-electron chi connectivity index (χ4n) is 0.235. The molecule has 0 saturated carbocycles. The van der Waals surface area contributed by atoms with Gasteiger partial charge in [-0.1, -0.05) is 0 Å². The quantitative estimate of drug-likeness (QED) is 0.470. The first kappa shape index (κ1) is 7.10. The van der Waals surface area contributed by atoms with Crippen LogP contribution in [0.4, 0.5) is 4.79 Å². The van der Waals surface area contributed by atoms with E-state index in [-0.39, 0.29) is 0 Å². The second-order valence-electron chi connectivity index (χ2n) is 1.18. The molecule has 0 radical (unpaired) electrons. The Morgan fingerprint density at radius 1 is 1.88 bits per heavy atom. The molecule has 0 atom stereocenters. The number of amides is 2. The van der Waals surface area contributed by atoms with E-state index in [9.17, 15) is 4.79 Å². The second-order valence-corrected chi connectivity index (χ2v) is 1.18. The number of nitrogens with zero attached hydrogens (tertiary/aromatic N) is 1. The van der Waals surface area contributed by atoms with E-state index < -0.39 is 6.03 Å². The van der Waals surface area contributed by atoms with Crippen molar-refractivity contribution < 1.29 is 4.79 Å². The van der Waals surface area contributed by atoms with Crippen LogP contribution in [0, 0.1) is 0 Å². The van der Waals surface area contributed by atoms with Gasteiger partial charge in [0.25, 0.3) is 0 Å². The molecule has 0 aromatic heterocycles. The van der Waals surface area contributed by atoms with Crippen LogP contribution in [0.2, 0.25) is 0 Å². The third-order valence-corrected chi connectivity index (χ3v) is 0.564. The molecule has 4 nitrogen and oxygen atoms in total. The summed E-state index contributed by atoms with van der Waals surface area (Å²) in [6.45, 7) is 3.90. The van der Waals surface area contributed by atoms with Crippen LogP contribution < -0.4 is 11.1 Å². The molecule has 0 unspecified atom stereocenters. The van der Waals surface area contributed by atoms with Crippen molar-refractivity contribution in [3.8, 4) is 0 Å². The van der Waals surface area contributed by atoms with Gasteiger partial charge in [0.1, 0.15) is 0 Å². The third-order valence-electron chi connectivity index (χ3n) is 0.564. The Morgan fingerprint density at radius 3 is 2.88 bits per heavy atom. The topological polar surface area (TPSA) is 67.5 Å². The normalized spacial score (nSPS) is 8.12. The Kier molecular flexibility index (Phi) is 3.78. The molecule has 0 heterocycles. The van der Waals surface area contributed by atoms with Crippen LogP contribution in [0.25, 0.3) is 0 Å². The number of nitrogens with two attached hydrogens (primary N) is 1. The fraction of sp³-hybridized carbons (Fsp3) is 0.500. The highest BCUT2D eigenvalue weighted by Crippen LogP contribution is 1.65. The number of carbonyl (C=O) groups is 1. The van der Waals surface area contributed by atoms with Crippen LogP contribution in [0.3, 0.4) is 0 Å². The Hall–Kier alpha value is -0.900. The molecule has 4 heteroatoms. The first-order chi connectivity index (χ1) is 3.81. The number of aliphatic imine (C=N–C) groups is 1. The van der Waals surface area contributed by atoms with E-state index in [2.05, 4.69) is 17.0 Å². The molecule has 0 fully saturated rings. The molecule has 0 spiro atoms. The minimum Gasteiger partial charge on any atom is -0.335 e. The fourth-order valence-corrected chi connectivity index (χ4v) is 0.235. The summed E-state index contributed by atoms with van der Waals surface area (Å²) in [5.74, 6) is 0. The molecular weight excluding hydrogens is 106 g/mol. The van der Waals surface area contributed by atoms with Crippen LogP contribution in [0.1, 0.15) is 0 Å². The molecular formula is C4H9N3O. The highest BCUT2D eigenvalue weighted by atomic mass is 16.2. The summed E-state index contributed by atoms with van der Waals surface area (Å²) in [5, 5.41) is 2.39. The molecule has 0 aliphatic carbocycles. The van der Waals surface area contributed by atoms with Crippen molar-refractivity contribution in [2.45, 2.75) is 0 Å². The van der Waals surface area contributed by atoms with Gasteiger partial charge in [0.05, 0.1) is 0 Å². The summed E-state index contributed by atoms with van der Waals surface area (Å²) in [6, 6.07) is -0.421. The Morgan fingerprint density at radius 2 is 2.50 bits per heavy atom. The minimum atomic E-state index is -0.421. The zero-order valence-corrected chi connectivity index (χ0v) is 4.55. The molecule has 0 aromatic rings. The maximum Gasteiger partial charge on any atom is 0.340 e. The van der Waals surface area contributed by atoms with Crippen LogP contribution >= 0.6 is 0 Å². The van der Waals surface area contributed by atoms with Crippen molar-refractivity contribution in [1.82, 2.24) is 5.32 Å². The average molecular weight is 115 g/mol. The molecule has 0 bridgehead atoms. The summed E-state index contributed by atoms with van der Waals surface area (Å²) in [6.07, 6.45) is 0. The molecule has 0 rings (SSSR count). The van der Waals surface area contributed by atoms with Crippen molar-refractivity contribution in [1.29, 1.82) is 0 Å². The average Bonchev–Trinajstić information content (AvgIpc) is 1.83. The van der Waals surface area contributed by atoms with Gasteiger partial charge in [-0.2, -0.15) is 0 Å². The number of hydrogen-bond donors (Lipinski definition) is 2. The lowest BCUT2D eigenvalue weighted by molar-refractivity contribution is 0.249. The van der Waals surface area contributed by atoms with Crippen LogP contribution in [0.5, 0.6) is 0 Å². The molecule has 3 N–H and O–H groups in total. The Balaban J connectivity index is 3.11. The smallest absolute Gasteiger partial charge is 0.335 e. The monoisotopic (exact) mass is 115 g/mol. The van der Waals surface area contributed by atoms with Crippen molar-refractivity contribution in [2.24, 2.45) is 10.7 Å². The van der Waals surface area contributed by atoms with Crippen LogP contribution in [-0.4, -0.2) is 25.8 Å². The molecule has 0 saturated heterocycles. The highest BCUT2D eigenvalue weighted by molar-refractivity contribution is 5.78. The SMILES string of the molecule is C=NC(=O)NCCN. The third kappa shape index (κ3) is 3.30. The summed E-state index contributed by atoms with van der Waals surface area (Å²) in [4.78, 5) is 13.2. The summed E-state index contributed by atoms with van der Waals surface area (Å²) >= 11 is 0. The van der Waals surface area contributed by atoms with E-state index >= 15 is 0 Å². The lowest BCUT2D eigenvalue weighted by atomic mass is 10.6.